The summed E-state index contributed by atoms with van der Waals surface area (Å²) in [5.41, 5.74) is 2.43. The maximum atomic E-state index is 5.36. The molecule has 0 aliphatic carbocycles. The average molecular weight is 280 g/mol. The number of hydrazine groups is 1. The second-order valence-electron chi connectivity index (χ2n) is 3.78. The minimum atomic E-state index is 0.318. The van der Waals surface area contributed by atoms with Crippen molar-refractivity contribution in [3.8, 4) is 5.95 Å². The number of hydrogen-bond donors (Lipinski definition) is 2. The third-order valence-corrected chi connectivity index (χ3v) is 3.27. The average Bonchev–Trinajstić information content (AvgIpc) is 2.97. The van der Waals surface area contributed by atoms with E-state index in [1.54, 1.807) is 11.8 Å². The molecule has 0 saturated carbocycles. The van der Waals surface area contributed by atoms with E-state index in [-0.39, 0.29) is 0 Å². The largest absolute Gasteiger partial charge is 0.292 e. The zero-order valence-corrected chi connectivity index (χ0v) is 11.5. The Morgan fingerprint density at radius 2 is 2.21 bits per heavy atom. The van der Waals surface area contributed by atoms with Crippen LogP contribution in [0, 0.1) is 0 Å². The first kappa shape index (κ1) is 13.7. The molecule has 2 heterocycles. The fraction of sp³-hybridized carbons (Fsp3) is 0.500. The van der Waals surface area contributed by atoms with E-state index in [4.69, 9.17) is 5.84 Å². The highest BCUT2D eigenvalue weighted by Crippen LogP contribution is 2.17. The van der Waals surface area contributed by atoms with Gasteiger partial charge < -0.3 is 0 Å². The Bertz CT molecular complexity index is 500. The molecule has 0 bridgehead atoms. The van der Waals surface area contributed by atoms with E-state index in [0.29, 0.717) is 17.1 Å². The van der Waals surface area contributed by atoms with Crippen molar-refractivity contribution in [3.63, 3.8) is 0 Å². The second-order valence-corrected chi connectivity index (χ2v) is 4.84. The van der Waals surface area contributed by atoms with Crippen molar-refractivity contribution in [3.05, 3.63) is 12.7 Å². The van der Waals surface area contributed by atoms with Crippen molar-refractivity contribution in [2.75, 3.05) is 11.2 Å². The van der Waals surface area contributed by atoms with Crippen LogP contribution in [0.15, 0.2) is 17.8 Å². The number of nitrogens with one attached hydrogen (secondary N) is 1. The SMILES string of the molecule is CCCCCSc1nc(NN)nc(-n2cncn2)n1. The van der Waals surface area contributed by atoms with Crippen LogP contribution in [0.25, 0.3) is 5.95 Å². The standard InChI is InChI=1S/C10H16N8S/c1-2-3-4-5-19-10-15-8(17-11)14-9(16-10)18-7-12-6-13-18/h6-7H,2-5,11H2,1H3,(H,14,15,16,17). The summed E-state index contributed by atoms with van der Waals surface area (Å²) in [6.07, 6.45) is 6.49. The predicted molar refractivity (Wildman–Crippen MR) is 72.8 cm³/mol. The van der Waals surface area contributed by atoms with Gasteiger partial charge in [-0.05, 0) is 6.42 Å². The summed E-state index contributed by atoms with van der Waals surface area (Å²) in [6, 6.07) is 0. The van der Waals surface area contributed by atoms with Crippen LogP contribution in [0.5, 0.6) is 0 Å². The molecule has 19 heavy (non-hydrogen) atoms. The molecule has 8 nitrogen and oxygen atoms in total. The van der Waals surface area contributed by atoms with Crippen LogP contribution >= 0.6 is 11.8 Å². The van der Waals surface area contributed by atoms with E-state index in [2.05, 4.69) is 37.4 Å². The Hall–Kier alpha value is -1.74. The third kappa shape index (κ3) is 3.86. The van der Waals surface area contributed by atoms with Gasteiger partial charge in [0.1, 0.15) is 12.7 Å². The molecule has 3 N–H and O–H groups in total. The van der Waals surface area contributed by atoms with Crippen LogP contribution in [0.4, 0.5) is 5.95 Å². The highest BCUT2D eigenvalue weighted by atomic mass is 32.2. The fourth-order valence-electron chi connectivity index (χ4n) is 1.40. The molecular weight excluding hydrogens is 264 g/mol. The van der Waals surface area contributed by atoms with Gasteiger partial charge in [-0.25, -0.2) is 10.8 Å². The lowest BCUT2D eigenvalue weighted by Gasteiger charge is -2.05. The van der Waals surface area contributed by atoms with Gasteiger partial charge in [0.25, 0.3) is 5.95 Å². The van der Waals surface area contributed by atoms with Gasteiger partial charge in [0.15, 0.2) is 5.16 Å². The highest BCUT2D eigenvalue weighted by molar-refractivity contribution is 7.99. The molecule has 0 aromatic carbocycles. The van der Waals surface area contributed by atoms with E-state index in [9.17, 15) is 0 Å². The minimum absolute atomic E-state index is 0.318. The van der Waals surface area contributed by atoms with Crippen molar-refractivity contribution in [1.29, 1.82) is 0 Å². The monoisotopic (exact) mass is 280 g/mol. The Morgan fingerprint density at radius 1 is 1.32 bits per heavy atom. The molecule has 0 atom stereocenters. The number of anilines is 1. The Morgan fingerprint density at radius 3 is 2.89 bits per heavy atom. The molecule has 2 aromatic rings. The zero-order valence-electron chi connectivity index (χ0n) is 10.7. The summed E-state index contributed by atoms with van der Waals surface area (Å²) < 4.78 is 1.47. The maximum absolute atomic E-state index is 5.36. The van der Waals surface area contributed by atoms with Gasteiger partial charge in [0, 0.05) is 5.75 Å². The first-order valence-corrected chi connectivity index (χ1v) is 7.02. The van der Waals surface area contributed by atoms with Gasteiger partial charge in [-0.15, -0.1) is 0 Å². The topological polar surface area (TPSA) is 107 Å². The van der Waals surface area contributed by atoms with E-state index in [1.165, 1.54) is 30.2 Å². The first-order valence-electron chi connectivity index (χ1n) is 6.04. The number of nitrogens with two attached hydrogens (primary N) is 1. The molecular formula is C10H16N8S. The summed E-state index contributed by atoms with van der Waals surface area (Å²) in [7, 11) is 0. The minimum Gasteiger partial charge on any atom is -0.292 e. The quantitative estimate of drug-likeness (QED) is 0.335. The van der Waals surface area contributed by atoms with Gasteiger partial charge >= 0.3 is 0 Å². The number of rotatable bonds is 7. The van der Waals surface area contributed by atoms with Crippen molar-refractivity contribution in [2.45, 2.75) is 31.3 Å². The molecule has 0 aliphatic heterocycles. The number of hydrogen-bond acceptors (Lipinski definition) is 8. The third-order valence-electron chi connectivity index (χ3n) is 2.33. The number of nitrogens with zero attached hydrogens (tertiary/aromatic N) is 6. The van der Waals surface area contributed by atoms with Crippen molar-refractivity contribution in [2.24, 2.45) is 5.84 Å². The Balaban J connectivity index is 2.12. The van der Waals surface area contributed by atoms with Crippen LogP contribution in [-0.2, 0) is 0 Å². The summed E-state index contributed by atoms with van der Waals surface area (Å²) in [6.45, 7) is 2.17. The van der Waals surface area contributed by atoms with E-state index >= 15 is 0 Å². The van der Waals surface area contributed by atoms with E-state index in [0.717, 1.165) is 12.2 Å². The molecule has 0 aliphatic rings. The molecule has 0 radical (unpaired) electrons. The smallest absolute Gasteiger partial charge is 0.257 e. The highest BCUT2D eigenvalue weighted by Gasteiger charge is 2.08. The van der Waals surface area contributed by atoms with E-state index < -0.39 is 0 Å². The molecule has 0 amide bonds. The Labute approximate surface area is 115 Å². The summed E-state index contributed by atoms with van der Waals surface area (Å²) in [5.74, 6) is 7.05. The number of thioether (sulfide) groups is 1. The summed E-state index contributed by atoms with van der Waals surface area (Å²) in [4.78, 5) is 16.5. The van der Waals surface area contributed by atoms with Crippen molar-refractivity contribution in [1.82, 2.24) is 29.7 Å². The molecule has 2 rings (SSSR count). The normalized spacial score (nSPS) is 10.6. The molecule has 0 spiro atoms. The van der Waals surface area contributed by atoms with Crippen LogP contribution in [0.1, 0.15) is 26.2 Å². The van der Waals surface area contributed by atoms with Crippen LogP contribution in [0.3, 0.4) is 0 Å². The van der Waals surface area contributed by atoms with Crippen LogP contribution in [-0.4, -0.2) is 35.5 Å². The van der Waals surface area contributed by atoms with E-state index in [1.807, 2.05) is 0 Å². The van der Waals surface area contributed by atoms with Gasteiger partial charge in [0.05, 0.1) is 0 Å². The molecule has 0 fully saturated rings. The van der Waals surface area contributed by atoms with Crippen LogP contribution in [0.2, 0.25) is 0 Å². The number of nitrogen functional groups attached to an aromatic ring is 1. The molecule has 0 saturated heterocycles. The lowest BCUT2D eigenvalue weighted by atomic mass is 10.3. The fourth-order valence-corrected chi connectivity index (χ4v) is 2.23. The summed E-state index contributed by atoms with van der Waals surface area (Å²) >= 11 is 1.58. The lowest BCUT2D eigenvalue weighted by Crippen LogP contribution is -2.14. The first-order chi connectivity index (χ1) is 9.33. The zero-order chi connectivity index (χ0) is 13.5. The second kappa shape index (κ2) is 7.00. The molecule has 0 unspecified atom stereocenters. The van der Waals surface area contributed by atoms with Gasteiger partial charge in [-0.1, -0.05) is 31.5 Å². The van der Waals surface area contributed by atoms with Crippen LogP contribution < -0.4 is 11.3 Å². The van der Waals surface area contributed by atoms with Gasteiger partial charge in [0.2, 0.25) is 5.95 Å². The number of aromatic nitrogens is 6. The van der Waals surface area contributed by atoms with Gasteiger partial charge in [-0.3, -0.25) is 5.43 Å². The Kier molecular flexibility index (Phi) is 5.04. The summed E-state index contributed by atoms with van der Waals surface area (Å²) in [5, 5.41) is 4.62. The molecule has 102 valence electrons. The van der Waals surface area contributed by atoms with Crippen molar-refractivity contribution >= 4 is 17.7 Å². The van der Waals surface area contributed by atoms with Crippen molar-refractivity contribution < 1.29 is 0 Å². The number of unbranched alkanes of at least 4 members (excludes halogenated alkanes) is 2. The maximum Gasteiger partial charge on any atom is 0.257 e. The lowest BCUT2D eigenvalue weighted by molar-refractivity contribution is 0.754. The van der Waals surface area contributed by atoms with Gasteiger partial charge in [-0.2, -0.15) is 24.7 Å². The molecule has 2 aromatic heterocycles. The molecule has 9 heteroatoms. The predicted octanol–water partition coefficient (Wildman–Crippen LogP) is 1.02.